The van der Waals surface area contributed by atoms with E-state index in [0.717, 1.165) is 34.4 Å². The van der Waals surface area contributed by atoms with Gasteiger partial charge in [-0.05, 0) is 41.8 Å². The second-order valence-electron chi connectivity index (χ2n) is 5.47. The summed E-state index contributed by atoms with van der Waals surface area (Å²) in [6, 6.07) is 9.76. The number of halogens is 1. The Labute approximate surface area is 142 Å². The number of methoxy groups -OCH3 is 1. The quantitative estimate of drug-likeness (QED) is 0.510. The lowest BCUT2D eigenvalue weighted by Crippen LogP contribution is -1.96. The Kier molecular flexibility index (Phi) is 5.51. The Bertz CT molecular complexity index is 735. The maximum Gasteiger partial charge on any atom is 0.280 e. The maximum absolute atomic E-state index is 8.27. The van der Waals surface area contributed by atoms with Crippen LogP contribution in [0.3, 0.4) is 0 Å². The van der Waals surface area contributed by atoms with E-state index in [9.17, 15) is 0 Å². The molecule has 0 aromatic heterocycles. The van der Waals surface area contributed by atoms with E-state index in [0.29, 0.717) is 10.8 Å². The Morgan fingerprint density at radius 2 is 2.00 bits per heavy atom. The molecule has 0 unspecified atom stereocenters. The van der Waals surface area contributed by atoms with E-state index in [2.05, 4.69) is 20.1 Å². The van der Waals surface area contributed by atoms with Crippen LogP contribution in [-0.4, -0.2) is 12.2 Å². The zero-order valence-electron chi connectivity index (χ0n) is 13.5. The van der Waals surface area contributed by atoms with E-state index in [1.54, 1.807) is 7.11 Å². The summed E-state index contributed by atoms with van der Waals surface area (Å²) in [5, 5.41) is 8.73. The van der Waals surface area contributed by atoms with Crippen molar-refractivity contribution in [1.29, 1.82) is 0 Å². The van der Waals surface area contributed by atoms with Gasteiger partial charge in [0.2, 0.25) is 0 Å². The second-order valence-corrected chi connectivity index (χ2v) is 5.88. The molecule has 0 aliphatic rings. The minimum Gasteiger partial charge on any atom is -0.592 e. The highest BCUT2D eigenvalue weighted by molar-refractivity contribution is 6.32. The molecule has 0 radical (unpaired) electrons. The lowest BCUT2D eigenvalue weighted by atomic mass is 9.94. The van der Waals surface area contributed by atoms with Gasteiger partial charge in [-0.25, -0.2) is 0 Å². The number of rotatable bonds is 6. The fraction of sp³-hybridized carbons (Fsp3) is 0.200. The van der Waals surface area contributed by atoms with Crippen LogP contribution in [-0.2, 0) is 6.42 Å². The van der Waals surface area contributed by atoms with Crippen LogP contribution >= 0.6 is 11.6 Å². The highest BCUT2D eigenvalue weighted by atomic mass is 35.5. The largest absolute Gasteiger partial charge is 0.592 e. The molecule has 0 spiro atoms. The van der Waals surface area contributed by atoms with Crippen LogP contribution in [0.2, 0.25) is 5.02 Å². The SMILES string of the molecule is C=CCc1cc(Cl)c([OH2+])c(-c2ccc(OC)c([C@H](C)C=C)c2)c1. The van der Waals surface area contributed by atoms with E-state index in [1.807, 2.05) is 42.5 Å². The average Bonchev–Trinajstić information content (AvgIpc) is 2.57. The van der Waals surface area contributed by atoms with Gasteiger partial charge in [-0.3, -0.25) is 0 Å². The zero-order chi connectivity index (χ0) is 17.0. The molecule has 23 heavy (non-hydrogen) atoms. The van der Waals surface area contributed by atoms with Gasteiger partial charge in [0.15, 0.2) is 0 Å². The average molecular weight is 330 g/mol. The van der Waals surface area contributed by atoms with Crippen molar-refractivity contribution in [3.05, 3.63) is 71.8 Å². The zero-order valence-corrected chi connectivity index (χ0v) is 14.3. The maximum atomic E-state index is 8.27. The van der Waals surface area contributed by atoms with Crippen molar-refractivity contribution < 1.29 is 9.84 Å². The van der Waals surface area contributed by atoms with Gasteiger partial charge in [-0.15, -0.1) is 13.2 Å². The molecule has 0 aliphatic heterocycles. The normalized spacial score (nSPS) is 11.8. The third-order valence-electron chi connectivity index (χ3n) is 3.91. The van der Waals surface area contributed by atoms with E-state index in [1.165, 1.54) is 0 Å². The lowest BCUT2D eigenvalue weighted by Gasteiger charge is -2.15. The number of allylic oxidation sites excluding steroid dienone is 2. The molecule has 2 aromatic carbocycles. The van der Waals surface area contributed by atoms with Gasteiger partial charge in [-0.1, -0.05) is 36.7 Å². The molecule has 0 saturated heterocycles. The van der Waals surface area contributed by atoms with Crippen molar-refractivity contribution in [2.75, 3.05) is 7.11 Å². The topological polar surface area (TPSA) is 32.1 Å². The van der Waals surface area contributed by atoms with Gasteiger partial charge in [0.05, 0.1) is 12.7 Å². The molecule has 0 fully saturated rings. The van der Waals surface area contributed by atoms with Gasteiger partial charge in [0.25, 0.3) is 5.75 Å². The van der Waals surface area contributed by atoms with Crippen molar-refractivity contribution in [2.24, 2.45) is 0 Å². The molecule has 2 N–H and O–H groups in total. The van der Waals surface area contributed by atoms with Gasteiger partial charge in [0, 0.05) is 11.5 Å². The number of hydrogen-bond donors (Lipinski definition) is 0. The Balaban J connectivity index is 2.62. The summed E-state index contributed by atoms with van der Waals surface area (Å²) in [6.45, 7) is 9.69. The molecule has 0 aliphatic carbocycles. The van der Waals surface area contributed by atoms with Crippen LogP contribution < -0.4 is 4.74 Å². The van der Waals surface area contributed by atoms with Gasteiger partial charge in [0.1, 0.15) is 10.8 Å². The summed E-state index contributed by atoms with van der Waals surface area (Å²) in [7, 11) is 1.66. The summed E-state index contributed by atoms with van der Waals surface area (Å²) >= 11 is 6.23. The van der Waals surface area contributed by atoms with E-state index < -0.39 is 0 Å². The lowest BCUT2D eigenvalue weighted by molar-refractivity contribution is 0.409. The standard InChI is InChI=1S/C20H21ClO2/c1-5-7-14-10-17(20(22)18(21)11-14)15-8-9-19(23-4)16(12-15)13(3)6-2/h5-6,8-13,22H,1-2,7H2,3-4H3/p+1/t13-/m1/s1. The van der Waals surface area contributed by atoms with Crippen LogP contribution in [0.1, 0.15) is 24.0 Å². The minimum atomic E-state index is 0.158. The van der Waals surface area contributed by atoms with Crippen molar-refractivity contribution in [3.8, 4) is 22.6 Å². The predicted octanol–water partition coefficient (Wildman–Crippen LogP) is 5.47. The summed E-state index contributed by atoms with van der Waals surface area (Å²) in [5.41, 5.74) is 3.86. The monoisotopic (exact) mass is 329 g/mol. The first-order chi connectivity index (χ1) is 11.0. The van der Waals surface area contributed by atoms with E-state index >= 15 is 0 Å². The van der Waals surface area contributed by atoms with Gasteiger partial charge >= 0.3 is 0 Å². The fourth-order valence-corrected chi connectivity index (χ4v) is 2.80. The van der Waals surface area contributed by atoms with Crippen molar-refractivity contribution in [2.45, 2.75) is 19.3 Å². The molecule has 0 heterocycles. The molecular formula is C20H22ClO2+. The Morgan fingerprint density at radius 3 is 2.61 bits per heavy atom. The molecular weight excluding hydrogens is 308 g/mol. The van der Waals surface area contributed by atoms with Crippen molar-refractivity contribution >= 4 is 11.6 Å². The second kappa shape index (κ2) is 7.38. The van der Waals surface area contributed by atoms with Crippen LogP contribution in [0.15, 0.2) is 55.6 Å². The molecule has 0 bridgehead atoms. The minimum absolute atomic E-state index is 0.158. The van der Waals surface area contributed by atoms with Crippen LogP contribution in [0.4, 0.5) is 0 Å². The van der Waals surface area contributed by atoms with Crippen molar-refractivity contribution in [1.82, 2.24) is 0 Å². The predicted molar refractivity (Wildman–Crippen MR) is 99.0 cm³/mol. The molecule has 0 amide bonds. The Hall–Kier alpha value is -2.19. The summed E-state index contributed by atoms with van der Waals surface area (Å²) < 4.78 is 5.44. The van der Waals surface area contributed by atoms with Gasteiger partial charge < -0.3 is 9.84 Å². The summed E-state index contributed by atoms with van der Waals surface area (Å²) in [6.07, 6.45) is 4.43. The molecule has 2 aromatic rings. The molecule has 1 atom stereocenters. The fourth-order valence-electron chi connectivity index (χ4n) is 2.56. The summed E-state index contributed by atoms with van der Waals surface area (Å²) in [5.74, 6) is 1.31. The number of hydrogen-bond acceptors (Lipinski definition) is 1. The highest BCUT2D eigenvalue weighted by Crippen LogP contribution is 2.39. The first-order valence-corrected chi connectivity index (χ1v) is 7.85. The first kappa shape index (κ1) is 17.2. The van der Waals surface area contributed by atoms with Crippen LogP contribution in [0, 0.1) is 0 Å². The summed E-state index contributed by atoms with van der Waals surface area (Å²) in [4.78, 5) is 0. The highest BCUT2D eigenvalue weighted by Gasteiger charge is 2.17. The van der Waals surface area contributed by atoms with Crippen LogP contribution in [0.25, 0.3) is 11.1 Å². The molecule has 0 saturated carbocycles. The Morgan fingerprint density at radius 1 is 1.26 bits per heavy atom. The third kappa shape index (κ3) is 3.59. The van der Waals surface area contributed by atoms with Crippen molar-refractivity contribution in [3.63, 3.8) is 0 Å². The first-order valence-electron chi connectivity index (χ1n) is 7.47. The smallest absolute Gasteiger partial charge is 0.280 e. The number of benzene rings is 2. The number of ether oxygens (including phenoxy) is 1. The molecule has 120 valence electrons. The van der Waals surface area contributed by atoms with Crippen LogP contribution in [0.5, 0.6) is 11.5 Å². The molecule has 2 rings (SSSR count). The molecule has 2 nitrogen and oxygen atoms in total. The molecule has 3 heteroatoms. The third-order valence-corrected chi connectivity index (χ3v) is 4.21. The van der Waals surface area contributed by atoms with E-state index in [4.69, 9.17) is 21.4 Å². The van der Waals surface area contributed by atoms with E-state index in [-0.39, 0.29) is 5.92 Å². The van der Waals surface area contributed by atoms with Gasteiger partial charge in [-0.2, -0.15) is 0 Å².